The minimum Gasteiger partial charge on any atom is -0.481 e. The van der Waals surface area contributed by atoms with E-state index in [0.717, 1.165) is 0 Å². The van der Waals surface area contributed by atoms with Crippen molar-refractivity contribution in [1.29, 1.82) is 0 Å². The molecule has 12 nitrogen and oxygen atoms in total. The lowest BCUT2D eigenvalue weighted by Crippen LogP contribution is -2.46. The van der Waals surface area contributed by atoms with Crippen molar-refractivity contribution in [2.24, 2.45) is 0 Å². The van der Waals surface area contributed by atoms with Crippen molar-refractivity contribution in [3.8, 4) is 0 Å². The Balaban J connectivity index is 2.91. The Bertz CT molecular complexity index is 539. The summed E-state index contributed by atoms with van der Waals surface area (Å²) in [5, 5.41) is 39.7. The second-order valence-electron chi connectivity index (χ2n) is 7.40. The summed E-state index contributed by atoms with van der Waals surface area (Å²) in [6.07, 6.45) is 0.920. The lowest BCUT2D eigenvalue weighted by atomic mass is 10.1. The van der Waals surface area contributed by atoms with Gasteiger partial charge >= 0.3 is 23.9 Å². The molecule has 0 aliphatic carbocycles. The minimum absolute atomic E-state index is 0.106. The van der Waals surface area contributed by atoms with E-state index in [2.05, 4.69) is 5.32 Å². The fraction of sp³-hybridized carbons (Fsp3) is 0.778. The van der Waals surface area contributed by atoms with E-state index in [0.29, 0.717) is 58.7 Å². The van der Waals surface area contributed by atoms with Crippen LogP contribution >= 0.6 is 0 Å². The molecule has 1 fully saturated rings. The molecule has 1 unspecified atom stereocenters. The van der Waals surface area contributed by atoms with E-state index in [1.807, 2.05) is 0 Å². The van der Waals surface area contributed by atoms with E-state index in [9.17, 15) is 19.2 Å². The topological polar surface area (TPSA) is 171 Å². The molecule has 1 rings (SSSR count). The third-order valence-electron chi connectivity index (χ3n) is 4.84. The van der Waals surface area contributed by atoms with E-state index < -0.39 is 23.9 Å². The monoisotopic (exact) mass is 432 g/mol. The van der Waals surface area contributed by atoms with Gasteiger partial charge in [0.15, 0.2) is 0 Å². The molecule has 1 aliphatic heterocycles. The van der Waals surface area contributed by atoms with Crippen molar-refractivity contribution in [3.63, 3.8) is 0 Å². The van der Waals surface area contributed by atoms with Gasteiger partial charge in [0.1, 0.15) is 0 Å². The Morgan fingerprint density at radius 3 is 1.53 bits per heavy atom. The lowest BCUT2D eigenvalue weighted by molar-refractivity contribution is -0.140. The number of hydrogen-bond acceptors (Lipinski definition) is 8. The smallest absolute Gasteiger partial charge is 0.317 e. The first-order chi connectivity index (χ1) is 14.2. The quantitative estimate of drug-likeness (QED) is 0.297. The van der Waals surface area contributed by atoms with Crippen molar-refractivity contribution < 1.29 is 39.6 Å². The maximum absolute atomic E-state index is 11.2. The Morgan fingerprint density at radius 1 is 0.667 bits per heavy atom. The highest BCUT2D eigenvalue weighted by atomic mass is 16.4. The third-order valence-corrected chi connectivity index (χ3v) is 4.84. The first kappa shape index (κ1) is 25.8. The summed E-state index contributed by atoms with van der Waals surface area (Å²) in [5.41, 5.74) is 0. The number of carboxylic acid groups (broad SMARTS) is 4. The van der Waals surface area contributed by atoms with Gasteiger partial charge in [-0.15, -0.1) is 0 Å². The Kier molecular flexibility index (Phi) is 11.9. The molecular weight excluding hydrogens is 400 g/mol. The number of carboxylic acids is 4. The van der Waals surface area contributed by atoms with Gasteiger partial charge in [0, 0.05) is 38.8 Å². The largest absolute Gasteiger partial charge is 0.481 e. The molecule has 1 atom stereocenters. The first-order valence-corrected chi connectivity index (χ1v) is 9.93. The van der Waals surface area contributed by atoms with Gasteiger partial charge in [-0.2, -0.15) is 0 Å². The van der Waals surface area contributed by atoms with E-state index in [4.69, 9.17) is 20.4 Å². The van der Waals surface area contributed by atoms with E-state index in [-0.39, 0.29) is 32.1 Å². The first-order valence-electron chi connectivity index (χ1n) is 9.93. The fourth-order valence-corrected chi connectivity index (χ4v) is 3.38. The van der Waals surface area contributed by atoms with Crippen LogP contribution < -0.4 is 5.32 Å². The summed E-state index contributed by atoms with van der Waals surface area (Å²) < 4.78 is 0. The summed E-state index contributed by atoms with van der Waals surface area (Å²) in [6, 6.07) is -0.343. The van der Waals surface area contributed by atoms with Gasteiger partial charge in [-0.3, -0.25) is 33.9 Å². The van der Waals surface area contributed by atoms with Gasteiger partial charge in [0.05, 0.1) is 26.1 Å². The average Bonchev–Trinajstić information content (AvgIpc) is 2.61. The number of aliphatic carboxylic acids is 4. The highest BCUT2D eigenvalue weighted by Gasteiger charge is 2.20. The molecule has 0 saturated carbocycles. The Hall–Kier alpha value is -2.28. The summed E-state index contributed by atoms with van der Waals surface area (Å²) in [5.74, 6) is -3.98. The third kappa shape index (κ3) is 12.3. The van der Waals surface area contributed by atoms with Crippen LogP contribution in [0.2, 0.25) is 0 Å². The molecule has 0 bridgehead atoms. The number of hydrogen-bond donors (Lipinski definition) is 5. The maximum Gasteiger partial charge on any atom is 0.317 e. The van der Waals surface area contributed by atoms with Crippen molar-refractivity contribution in [3.05, 3.63) is 0 Å². The molecule has 0 aromatic carbocycles. The van der Waals surface area contributed by atoms with Crippen LogP contribution in [0, 0.1) is 0 Å². The van der Waals surface area contributed by atoms with Crippen LogP contribution in [0.5, 0.6) is 0 Å². The van der Waals surface area contributed by atoms with E-state index in [1.54, 1.807) is 14.7 Å². The average molecular weight is 432 g/mol. The van der Waals surface area contributed by atoms with Gasteiger partial charge < -0.3 is 25.7 Å². The molecule has 0 amide bonds. The van der Waals surface area contributed by atoms with Gasteiger partial charge in [-0.05, 0) is 25.9 Å². The normalized spacial score (nSPS) is 21.5. The zero-order valence-electron chi connectivity index (χ0n) is 17.0. The molecule has 0 radical (unpaired) electrons. The maximum atomic E-state index is 11.2. The number of nitrogens with zero attached hydrogens (tertiary/aromatic N) is 3. The van der Waals surface area contributed by atoms with Gasteiger partial charge in [0.25, 0.3) is 0 Å². The lowest BCUT2D eigenvalue weighted by Gasteiger charge is -2.30. The fourth-order valence-electron chi connectivity index (χ4n) is 3.38. The van der Waals surface area contributed by atoms with Crippen molar-refractivity contribution in [1.82, 2.24) is 20.0 Å². The minimum atomic E-state index is -1.02. The second kappa shape index (κ2) is 13.9. The zero-order valence-corrected chi connectivity index (χ0v) is 17.0. The number of rotatable bonds is 8. The molecular formula is C18H32N4O8. The Morgan fingerprint density at radius 2 is 1.10 bits per heavy atom. The molecule has 30 heavy (non-hydrogen) atoms. The summed E-state index contributed by atoms with van der Waals surface area (Å²) in [4.78, 5) is 49.7. The van der Waals surface area contributed by atoms with Crippen LogP contribution in [-0.2, 0) is 19.2 Å². The van der Waals surface area contributed by atoms with Gasteiger partial charge in [-0.1, -0.05) is 0 Å². The molecule has 172 valence electrons. The predicted molar refractivity (Wildman–Crippen MR) is 106 cm³/mol. The number of nitrogens with one attached hydrogen (secondary N) is 1. The molecule has 1 saturated heterocycles. The van der Waals surface area contributed by atoms with Crippen LogP contribution in [0.1, 0.15) is 19.3 Å². The van der Waals surface area contributed by atoms with Gasteiger partial charge in [0.2, 0.25) is 0 Å². The van der Waals surface area contributed by atoms with Crippen LogP contribution in [-0.4, -0.2) is 130 Å². The van der Waals surface area contributed by atoms with E-state index >= 15 is 0 Å². The summed E-state index contributed by atoms with van der Waals surface area (Å²) in [6.45, 7) is 2.00. The standard InChI is InChI=1S/C18H32N4O8/c23-15(24)10-14-2-5-21(12-17(27)28)7-9-22(13-18(29)30)8-6-20(11-16(25)26)4-1-3-19-14/h14,19H,1-13H2,(H,23,24)(H,25,26)(H,27,28)(H,29,30). The molecule has 1 aliphatic rings. The second-order valence-corrected chi connectivity index (χ2v) is 7.40. The molecule has 5 N–H and O–H groups in total. The van der Waals surface area contributed by atoms with E-state index in [1.165, 1.54) is 0 Å². The predicted octanol–water partition coefficient (Wildman–Crippen LogP) is -1.63. The summed E-state index contributed by atoms with van der Waals surface area (Å²) >= 11 is 0. The molecule has 0 aromatic rings. The Labute approximate surface area is 175 Å². The highest BCUT2D eigenvalue weighted by Crippen LogP contribution is 2.05. The van der Waals surface area contributed by atoms with Gasteiger partial charge in [-0.25, -0.2) is 0 Å². The molecule has 12 heteroatoms. The van der Waals surface area contributed by atoms with Crippen LogP contribution in [0.4, 0.5) is 0 Å². The molecule has 0 aromatic heterocycles. The molecule has 0 spiro atoms. The van der Waals surface area contributed by atoms with Crippen LogP contribution in [0.15, 0.2) is 0 Å². The zero-order chi connectivity index (χ0) is 22.5. The SMILES string of the molecule is O=C(O)CC1CCN(CC(=O)O)CCN(CC(=O)O)CCN(CC(=O)O)CCCN1. The number of carbonyl (C=O) groups is 4. The highest BCUT2D eigenvalue weighted by molar-refractivity contribution is 5.70. The molecule has 1 heterocycles. The van der Waals surface area contributed by atoms with Crippen LogP contribution in [0.25, 0.3) is 0 Å². The summed E-state index contributed by atoms with van der Waals surface area (Å²) in [7, 11) is 0. The van der Waals surface area contributed by atoms with Crippen LogP contribution in [0.3, 0.4) is 0 Å². The van der Waals surface area contributed by atoms with Crippen molar-refractivity contribution in [2.75, 3.05) is 65.4 Å². The van der Waals surface area contributed by atoms with Crippen molar-refractivity contribution in [2.45, 2.75) is 25.3 Å². The van der Waals surface area contributed by atoms with Crippen molar-refractivity contribution >= 4 is 23.9 Å².